The second kappa shape index (κ2) is 4.14. The van der Waals surface area contributed by atoms with E-state index in [2.05, 4.69) is 9.97 Å². The lowest BCUT2D eigenvalue weighted by Gasteiger charge is -2.06. The van der Waals surface area contributed by atoms with Crippen LogP contribution in [0, 0.1) is 5.82 Å². The van der Waals surface area contributed by atoms with Gasteiger partial charge in [-0.2, -0.15) is 0 Å². The Morgan fingerprint density at radius 1 is 1.28 bits per heavy atom. The van der Waals surface area contributed by atoms with Crippen molar-refractivity contribution in [1.82, 2.24) is 19.1 Å². The maximum atomic E-state index is 13.2. The molecule has 6 heteroatoms. The molecule has 18 heavy (non-hydrogen) atoms. The number of nitrogens with two attached hydrogens (primary N) is 1. The highest BCUT2D eigenvalue weighted by Crippen LogP contribution is 2.18. The molecule has 0 amide bonds. The summed E-state index contributed by atoms with van der Waals surface area (Å²) in [7, 11) is 0. The number of fused-ring (bicyclic) bond motifs is 1. The van der Waals surface area contributed by atoms with Crippen LogP contribution in [0.15, 0.2) is 36.9 Å². The maximum absolute atomic E-state index is 13.2. The summed E-state index contributed by atoms with van der Waals surface area (Å²) in [5.41, 5.74) is 7.27. The first-order valence-electron chi connectivity index (χ1n) is 5.61. The van der Waals surface area contributed by atoms with Gasteiger partial charge in [-0.05, 0) is 18.2 Å². The summed E-state index contributed by atoms with van der Waals surface area (Å²) in [5, 5.41) is 0. The van der Waals surface area contributed by atoms with Crippen molar-refractivity contribution < 1.29 is 4.39 Å². The molecule has 0 aliphatic heterocycles. The zero-order chi connectivity index (χ0) is 12.5. The van der Waals surface area contributed by atoms with Crippen LogP contribution in [0.4, 0.5) is 10.3 Å². The first-order chi connectivity index (χ1) is 8.74. The Bertz CT molecular complexity index is 671. The molecule has 2 heterocycles. The van der Waals surface area contributed by atoms with Crippen LogP contribution >= 0.6 is 0 Å². The molecule has 0 radical (unpaired) electrons. The lowest BCUT2D eigenvalue weighted by Crippen LogP contribution is -2.08. The standard InChI is InChI=1S/C12H12FN5/c13-9-1-2-10-11(7-9)18(12(14)16-10)6-5-17-4-3-15-8-17/h1-4,7-8H,5-6H2,(H2,14,16). The van der Waals surface area contributed by atoms with Gasteiger partial charge in [0.25, 0.3) is 0 Å². The van der Waals surface area contributed by atoms with E-state index in [-0.39, 0.29) is 5.82 Å². The number of aromatic nitrogens is 4. The predicted molar refractivity (Wildman–Crippen MR) is 66.3 cm³/mol. The molecule has 2 aromatic heterocycles. The molecule has 0 aliphatic rings. The normalized spacial score (nSPS) is 11.2. The molecule has 0 saturated heterocycles. The summed E-state index contributed by atoms with van der Waals surface area (Å²) >= 11 is 0. The van der Waals surface area contributed by atoms with Crippen molar-refractivity contribution >= 4 is 17.0 Å². The summed E-state index contributed by atoms with van der Waals surface area (Å²) in [5.74, 6) is 0.113. The molecule has 0 aliphatic carbocycles. The third-order valence-corrected chi connectivity index (χ3v) is 2.88. The van der Waals surface area contributed by atoms with Crippen LogP contribution in [0.25, 0.3) is 11.0 Å². The molecule has 0 unspecified atom stereocenters. The van der Waals surface area contributed by atoms with E-state index in [1.54, 1.807) is 23.2 Å². The zero-order valence-corrected chi connectivity index (χ0v) is 9.62. The van der Waals surface area contributed by atoms with E-state index in [0.29, 0.717) is 30.1 Å². The van der Waals surface area contributed by atoms with Gasteiger partial charge in [0.2, 0.25) is 5.95 Å². The molecular weight excluding hydrogens is 233 g/mol. The van der Waals surface area contributed by atoms with Gasteiger partial charge in [0, 0.05) is 25.5 Å². The van der Waals surface area contributed by atoms with Gasteiger partial charge < -0.3 is 14.9 Å². The van der Waals surface area contributed by atoms with E-state index >= 15 is 0 Å². The van der Waals surface area contributed by atoms with E-state index < -0.39 is 0 Å². The van der Waals surface area contributed by atoms with Gasteiger partial charge in [-0.1, -0.05) is 0 Å². The summed E-state index contributed by atoms with van der Waals surface area (Å²) in [6.07, 6.45) is 5.32. The Hall–Kier alpha value is -2.37. The molecule has 3 aromatic rings. The smallest absolute Gasteiger partial charge is 0.201 e. The predicted octanol–water partition coefficient (Wildman–Crippen LogP) is 1.65. The number of benzene rings is 1. The van der Waals surface area contributed by atoms with Gasteiger partial charge in [-0.15, -0.1) is 0 Å². The van der Waals surface area contributed by atoms with Crippen molar-refractivity contribution in [2.45, 2.75) is 13.1 Å². The number of nitrogen functional groups attached to an aromatic ring is 1. The molecule has 5 nitrogen and oxygen atoms in total. The van der Waals surface area contributed by atoms with Crippen LogP contribution in [-0.4, -0.2) is 19.1 Å². The summed E-state index contributed by atoms with van der Waals surface area (Å²) in [6, 6.07) is 4.47. The molecule has 0 atom stereocenters. The molecule has 0 fully saturated rings. The second-order valence-electron chi connectivity index (χ2n) is 4.06. The Balaban J connectivity index is 1.95. The van der Waals surface area contributed by atoms with Crippen molar-refractivity contribution in [2.24, 2.45) is 0 Å². The topological polar surface area (TPSA) is 61.7 Å². The number of hydrogen-bond acceptors (Lipinski definition) is 3. The van der Waals surface area contributed by atoms with Gasteiger partial charge in [-0.25, -0.2) is 14.4 Å². The number of anilines is 1. The lowest BCUT2D eigenvalue weighted by molar-refractivity contribution is 0.591. The van der Waals surface area contributed by atoms with Crippen molar-refractivity contribution in [1.29, 1.82) is 0 Å². The van der Waals surface area contributed by atoms with Gasteiger partial charge in [0.15, 0.2) is 0 Å². The third kappa shape index (κ3) is 1.81. The monoisotopic (exact) mass is 245 g/mol. The number of aryl methyl sites for hydroxylation is 2. The second-order valence-corrected chi connectivity index (χ2v) is 4.06. The maximum Gasteiger partial charge on any atom is 0.201 e. The van der Waals surface area contributed by atoms with Crippen molar-refractivity contribution in [2.75, 3.05) is 5.73 Å². The fraction of sp³-hybridized carbons (Fsp3) is 0.167. The molecule has 1 aromatic carbocycles. The highest BCUT2D eigenvalue weighted by molar-refractivity contribution is 5.78. The van der Waals surface area contributed by atoms with Crippen molar-refractivity contribution in [3.05, 3.63) is 42.7 Å². The molecule has 92 valence electrons. The number of halogens is 1. The van der Waals surface area contributed by atoms with Crippen LogP contribution < -0.4 is 5.73 Å². The molecule has 0 spiro atoms. The highest BCUT2D eigenvalue weighted by Gasteiger charge is 2.08. The molecule has 2 N–H and O–H groups in total. The van der Waals surface area contributed by atoms with Crippen LogP contribution in [0.3, 0.4) is 0 Å². The number of hydrogen-bond donors (Lipinski definition) is 1. The van der Waals surface area contributed by atoms with Crippen LogP contribution in [-0.2, 0) is 13.1 Å². The van der Waals surface area contributed by atoms with Gasteiger partial charge in [0.1, 0.15) is 5.82 Å². The highest BCUT2D eigenvalue weighted by atomic mass is 19.1. The third-order valence-electron chi connectivity index (χ3n) is 2.88. The Morgan fingerprint density at radius 3 is 2.94 bits per heavy atom. The van der Waals surface area contributed by atoms with Crippen molar-refractivity contribution in [3.63, 3.8) is 0 Å². The average Bonchev–Trinajstić information content (AvgIpc) is 2.94. The van der Waals surface area contributed by atoms with E-state index in [4.69, 9.17) is 5.73 Å². The van der Waals surface area contributed by atoms with Crippen LogP contribution in [0.2, 0.25) is 0 Å². The summed E-state index contributed by atoms with van der Waals surface area (Å²) in [4.78, 5) is 8.17. The average molecular weight is 245 g/mol. The minimum absolute atomic E-state index is 0.286. The minimum atomic E-state index is -0.286. The SMILES string of the molecule is Nc1nc2ccc(F)cc2n1CCn1ccnc1. The van der Waals surface area contributed by atoms with Crippen LogP contribution in [0.1, 0.15) is 0 Å². The van der Waals surface area contributed by atoms with Crippen LogP contribution in [0.5, 0.6) is 0 Å². The van der Waals surface area contributed by atoms with Gasteiger partial charge >= 0.3 is 0 Å². The zero-order valence-electron chi connectivity index (χ0n) is 9.62. The van der Waals surface area contributed by atoms with E-state index in [0.717, 1.165) is 0 Å². The number of imidazole rings is 2. The van der Waals surface area contributed by atoms with E-state index in [9.17, 15) is 4.39 Å². The molecule has 0 saturated carbocycles. The lowest BCUT2D eigenvalue weighted by atomic mass is 10.3. The van der Waals surface area contributed by atoms with E-state index in [1.807, 2.05) is 10.8 Å². The van der Waals surface area contributed by atoms with E-state index in [1.165, 1.54) is 12.1 Å². The largest absolute Gasteiger partial charge is 0.369 e. The quantitative estimate of drug-likeness (QED) is 0.763. The van der Waals surface area contributed by atoms with Gasteiger partial charge in [-0.3, -0.25) is 0 Å². The molecular formula is C12H12FN5. The fourth-order valence-electron chi connectivity index (χ4n) is 1.98. The summed E-state index contributed by atoms with van der Waals surface area (Å²) in [6.45, 7) is 1.34. The summed E-state index contributed by atoms with van der Waals surface area (Å²) < 4.78 is 17.0. The number of rotatable bonds is 3. The van der Waals surface area contributed by atoms with Gasteiger partial charge in [0.05, 0.1) is 17.4 Å². The molecule has 0 bridgehead atoms. The minimum Gasteiger partial charge on any atom is -0.369 e. The first-order valence-corrected chi connectivity index (χ1v) is 5.61. The molecule has 3 rings (SSSR count). The fourth-order valence-corrected chi connectivity index (χ4v) is 1.98. The Kier molecular flexibility index (Phi) is 2.47. The number of nitrogens with zero attached hydrogens (tertiary/aromatic N) is 4. The van der Waals surface area contributed by atoms with Crippen molar-refractivity contribution in [3.8, 4) is 0 Å². The Morgan fingerprint density at radius 2 is 2.17 bits per heavy atom. The Labute approximate surface area is 103 Å². The first kappa shape index (κ1) is 10.8.